The van der Waals surface area contributed by atoms with E-state index >= 15 is 0 Å². The lowest BCUT2D eigenvalue weighted by Crippen LogP contribution is -1.79. The maximum Gasteiger partial charge on any atom is 0.133 e. The molecule has 0 saturated carbocycles. The molecule has 0 fully saturated rings. The van der Waals surface area contributed by atoms with Gasteiger partial charge in [0.2, 0.25) is 0 Å². The first-order valence-corrected chi connectivity index (χ1v) is 5.74. The van der Waals surface area contributed by atoms with E-state index in [9.17, 15) is 5.11 Å². The van der Waals surface area contributed by atoms with Gasteiger partial charge in [0.15, 0.2) is 0 Å². The Morgan fingerprint density at radius 1 is 1.57 bits per heavy atom. The van der Waals surface area contributed by atoms with Crippen molar-refractivity contribution in [2.45, 2.75) is 26.7 Å². The molecule has 1 N–H and O–H groups in total. The van der Waals surface area contributed by atoms with Gasteiger partial charge in [0.1, 0.15) is 5.75 Å². The molecule has 0 saturated heterocycles. The summed E-state index contributed by atoms with van der Waals surface area (Å²) in [6.45, 7) is 4.12. The lowest BCUT2D eigenvalue weighted by molar-refractivity contribution is 0.476. The standard InChI is InChI=1S/C12H16OS/c1-3-5-7-10(6-4-2)12-11(13)8-9-14-12/h3,5-6,8-9,13H,4,7H2,1-2H3/b5-3-,10-6+. The molecule has 0 aliphatic heterocycles. The molecule has 76 valence electrons. The van der Waals surface area contributed by atoms with Crippen LogP contribution < -0.4 is 0 Å². The molecule has 1 aromatic heterocycles. The van der Waals surface area contributed by atoms with Gasteiger partial charge < -0.3 is 5.11 Å². The smallest absolute Gasteiger partial charge is 0.133 e. The Bertz CT molecular complexity index is 334. The Balaban J connectivity index is 2.89. The number of hydrogen-bond donors (Lipinski definition) is 1. The fourth-order valence-electron chi connectivity index (χ4n) is 1.30. The highest BCUT2D eigenvalue weighted by atomic mass is 32.1. The van der Waals surface area contributed by atoms with Crippen LogP contribution in [-0.2, 0) is 0 Å². The molecule has 0 aromatic carbocycles. The lowest BCUT2D eigenvalue weighted by Gasteiger charge is -2.02. The average Bonchev–Trinajstić information content (AvgIpc) is 2.59. The lowest BCUT2D eigenvalue weighted by atomic mass is 10.1. The van der Waals surface area contributed by atoms with Crippen molar-refractivity contribution in [3.63, 3.8) is 0 Å². The Kier molecular flexibility index (Phi) is 4.47. The second-order valence-electron chi connectivity index (χ2n) is 3.05. The van der Waals surface area contributed by atoms with E-state index in [-0.39, 0.29) is 0 Å². The van der Waals surface area contributed by atoms with E-state index in [4.69, 9.17) is 0 Å². The van der Waals surface area contributed by atoms with Crippen molar-refractivity contribution in [2.75, 3.05) is 0 Å². The van der Waals surface area contributed by atoms with Crippen molar-refractivity contribution in [3.8, 4) is 5.75 Å². The van der Waals surface area contributed by atoms with Gasteiger partial charge in [-0.15, -0.1) is 11.3 Å². The monoisotopic (exact) mass is 208 g/mol. The van der Waals surface area contributed by atoms with Gasteiger partial charge in [-0.1, -0.05) is 25.2 Å². The van der Waals surface area contributed by atoms with Gasteiger partial charge in [0.25, 0.3) is 0 Å². The van der Waals surface area contributed by atoms with Crippen LogP contribution in [0.4, 0.5) is 0 Å². The van der Waals surface area contributed by atoms with E-state index in [0.29, 0.717) is 5.75 Å². The highest BCUT2D eigenvalue weighted by Crippen LogP contribution is 2.32. The van der Waals surface area contributed by atoms with Gasteiger partial charge in [-0.3, -0.25) is 0 Å². The third kappa shape index (κ3) is 2.74. The molecule has 1 heterocycles. The third-order valence-electron chi connectivity index (χ3n) is 1.96. The van der Waals surface area contributed by atoms with Crippen molar-refractivity contribution in [1.82, 2.24) is 0 Å². The van der Waals surface area contributed by atoms with Gasteiger partial charge in [-0.25, -0.2) is 0 Å². The molecule has 0 unspecified atom stereocenters. The second-order valence-corrected chi connectivity index (χ2v) is 3.96. The minimum Gasteiger partial charge on any atom is -0.506 e. The van der Waals surface area contributed by atoms with Gasteiger partial charge in [0, 0.05) is 0 Å². The van der Waals surface area contributed by atoms with Crippen LogP contribution in [0.1, 0.15) is 31.6 Å². The molecular formula is C12H16OS. The molecule has 0 radical (unpaired) electrons. The first-order valence-electron chi connectivity index (χ1n) is 4.86. The fraction of sp³-hybridized carbons (Fsp3) is 0.333. The Morgan fingerprint density at radius 3 is 2.86 bits per heavy atom. The van der Waals surface area contributed by atoms with E-state index in [0.717, 1.165) is 17.7 Å². The summed E-state index contributed by atoms with van der Waals surface area (Å²) in [5, 5.41) is 11.5. The number of thiophene rings is 1. The van der Waals surface area contributed by atoms with Crippen molar-refractivity contribution in [1.29, 1.82) is 0 Å². The normalized spacial score (nSPS) is 12.6. The molecule has 0 bridgehead atoms. The van der Waals surface area contributed by atoms with Crippen LogP contribution in [0.3, 0.4) is 0 Å². The first kappa shape index (κ1) is 11.1. The summed E-state index contributed by atoms with van der Waals surface area (Å²) in [4.78, 5) is 1.00. The SMILES string of the molecule is C/C=C\C/C(=C\CC)c1sccc1O. The highest BCUT2D eigenvalue weighted by molar-refractivity contribution is 7.11. The molecule has 1 nitrogen and oxygen atoms in total. The zero-order valence-corrected chi connectivity index (χ0v) is 9.47. The molecule has 0 aliphatic carbocycles. The van der Waals surface area contributed by atoms with Gasteiger partial charge >= 0.3 is 0 Å². The quantitative estimate of drug-likeness (QED) is 0.735. The topological polar surface area (TPSA) is 20.2 Å². The van der Waals surface area contributed by atoms with Crippen LogP contribution in [-0.4, -0.2) is 5.11 Å². The van der Waals surface area contributed by atoms with Gasteiger partial charge in [0.05, 0.1) is 4.88 Å². The van der Waals surface area contributed by atoms with Gasteiger partial charge in [-0.05, 0) is 36.8 Å². The van der Waals surface area contributed by atoms with Gasteiger partial charge in [-0.2, -0.15) is 0 Å². The predicted octanol–water partition coefficient (Wildman–Crippen LogP) is 4.21. The second kappa shape index (κ2) is 5.66. The van der Waals surface area contributed by atoms with Crippen LogP contribution in [0, 0.1) is 0 Å². The van der Waals surface area contributed by atoms with Crippen molar-refractivity contribution in [2.24, 2.45) is 0 Å². The summed E-state index contributed by atoms with van der Waals surface area (Å²) in [5.74, 6) is 0.402. The molecular weight excluding hydrogens is 192 g/mol. The van der Waals surface area contributed by atoms with Crippen LogP contribution in [0.15, 0.2) is 29.7 Å². The zero-order valence-electron chi connectivity index (χ0n) is 8.66. The zero-order chi connectivity index (χ0) is 10.4. The molecule has 0 atom stereocenters. The van der Waals surface area contributed by atoms with Crippen LogP contribution >= 0.6 is 11.3 Å². The fourth-order valence-corrected chi connectivity index (χ4v) is 2.14. The summed E-state index contributed by atoms with van der Waals surface area (Å²) < 4.78 is 0. The van der Waals surface area contributed by atoms with Crippen molar-refractivity contribution < 1.29 is 5.11 Å². The summed E-state index contributed by atoms with van der Waals surface area (Å²) in [7, 11) is 0. The highest BCUT2D eigenvalue weighted by Gasteiger charge is 2.06. The van der Waals surface area contributed by atoms with E-state index in [1.807, 2.05) is 18.4 Å². The number of hydrogen-bond acceptors (Lipinski definition) is 2. The molecule has 1 aromatic rings. The van der Waals surface area contributed by atoms with Crippen LogP contribution in [0.5, 0.6) is 5.75 Å². The number of rotatable bonds is 4. The minimum absolute atomic E-state index is 0.402. The maximum absolute atomic E-state index is 9.59. The van der Waals surface area contributed by atoms with E-state index in [2.05, 4.69) is 19.1 Å². The molecule has 0 spiro atoms. The Labute approximate surface area is 89.4 Å². The van der Waals surface area contributed by atoms with E-state index < -0.39 is 0 Å². The predicted molar refractivity (Wildman–Crippen MR) is 63.7 cm³/mol. The summed E-state index contributed by atoms with van der Waals surface area (Å²) in [6.07, 6.45) is 8.23. The minimum atomic E-state index is 0.402. The number of aromatic hydroxyl groups is 1. The molecule has 0 amide bonds. The molecule has 1 rings (SSSR count). The van der Waals surface area contributed by atoms with Crippen LogP contribution in [0.2, 0.25) is 0 Å². The van der Waals surface area contributed by atoms with E-state index in [1.165, 1.54) is 5.57 Å². The largest absolute Gasteiger partial charge is 0.506 e. The van der Waals surface area contributed by atoms with Crippen molar-refractivity contribution >= 4 is 16.9 Å². The number of allylic oxidation sites excluding steroid dienone is 4. The van der Waals surface area contributed by atoms with E-state index in [1.54, 1.807) is 17.4 Å². The van der Waals surface area contributed by atoms with Crippen molar-refractivity contribution in [3.05, 3.63) is 34.6 Å². The Morgan fingerprint density at radius 2 is 2.36 bits per heavy atom. The van der Waals surface area contributed by atoms with Crippen LogP contribution in [0.25, 0.3) is 5.57 Å². The first-order chi connectivity index (χ1) is 6.79. The molecule has 0 aliphatic rings. The summed E-state index contributed by atoms with van der Waals surface area (Å²) >= 11 is 1.60. The molecule has 2 heteroatoms. The summed E-state index contributed by atoms with van der Waals surface area (Å²) in [5.41, 5.74) is 1.22. The maximum atomic E-state index is 9.59. The third-order valence-corrected chi connectivity index (χ3v) is 2.94. The molecule has 14 heavy (non-hydrogen) atoms. The Hall–Kier alpha value is -1.02. The average molecular weight is 208 g/mol. The summed E-state index contributed by atoms with van der Waals surface area (Å²) in [6, 6.07) is 1.75.